The lowest BCUT2D eigenvalue weighted by Crippen LogP contribution is -2.52. The second-order valence-electron chi connectivity index (χ2n) is 6.59. The van der Waals surface area contributed by atoms with Gasteiger partial charge in [0.1, 0.15) is 6.17 Å². The zero-order valence-electron chi connectivity index (χ0n) is 14.9. The average Bonchev–Trinajstić information content (AvgIpc) is 3.21. The average molecular weight is 435 g/mol. The molecule has 3 heterocycles. The number of rotatable bonds is 1. The summed E-state index contributed by atoms with van der Waals surface area (Å²) in [5.74, 6) is -1.12. The minimum absolute atomic E-state index is 0.0417. The topological polar surface area (TPSA) is 56.1 Å². The largest absolute Gasteiger partial charge is 0.507 e. The molecule has 1 saturated heterocycles. The fourth-order valence-corrected chi connectivity index (χ4v) is 3.79. The molecular weight excluding hydrogens is 421 g/mol. The van der Waals surface area contributed by atoms with Crippen molar-refractivity contribution in [2.45, 2.75) is 31.7 Å². The van der Waals surface area contributed by atoms with Crippen molar-refractivity contribution < 1.29 is 36.2 Å². The Labute approximate surface area is 164 Å². The highest BCUT2D eigenvalue weighted by atomic mass is 32.1. The van der Waals surface area contributed by atoms with Crippen LogP contribution in [-0.2, 0) is 0 Å². The van der Waals surface area contributed by atoms with Crippen molar-refractivity contribution in [3.63, 3.8) is 0 Å². The highest BCUT2D eigenvalue weighted by molar-refractivity contribution is 7.09. The van der Waals surface area contributed by atoms with Gasteiger partial charge in [-0.15, -0.1) is 11.3 Å². The molecule has 29 heavy (non-hydrogen) atoms. The normalized spacial score (nSPS) is 22.8. The molecule has 1 aromatic carbocycles. The van der Waals surface area contributed by atoms with Crippen molar-refractivity contribution >= 4 is 17.4 Å². The number of aromatic nitrogens is 1. The number of nitrogens with zero attached hydrogens (tertiary/aromatic N) is 3. The summed E-state index contributed by atoms with van der Waals surface area (Å²) in [5, 5.41) is 0. The number of carbonyl (C=O) groups is 1. The molecule has 6 nitrogen and oxygen atoms in total. The number of carbonyl (C=O) groups excluding carboxylic acids is 1. The Kier molecular flexibility index (Phi) is 4.56. The summed E-state index contributed by atoms with van der Waals surface area (Å²) in [4.78, 5) is 18.5. The zero-order valence-corrected chi connectivity index (χ0v) is 15.7. The Bertz CT molecular complexity index is 1040. The number of aryl methyl sites for hydroxylation is 1. The van der Waals surface area contributed by atoms with Gasteiger partial charge in [0.2, 0.25) is 0 Å². The molecule has 2 amide bonds. The second-order valence-corrected chi connectivity index (χ2v) is 7.80. The van der Waals surface area contributed by atoms with Crippen LogP contribution in [0.2, 0.25) is 0 Å². The summed E-state index contributed by atoms with van der Waals surface area (Å²) < 4.78 is 76.4. The van der Waals surface area contributed by atoms with Crippen LogP contribution >= 0.6 is 11.3 Å². The molecule has 0 radical (unpaired) electrons. The van der Waals surface area contributed by atoms with Crippen LogP contribution in [0.3, 0.4) is 0 Å². The second kappa shape index (κ2) is 6.71. The number of urea groups is 1. The molecule has 2 aliphatic rings. The van der Waals surface area contributed by atoms with Gasteiger partial charge >= 0.3 is 18.2 Å². The molecule has 0 unspecified atom stereocenters. The lowest BCUT2D eigenvalue weighted by molar-refractivity contribution is -0.391. The van der Waals surface area contributed by atoms with Gasteiger partial charge in [-0.05, 0) is 25.5 Å². The number of amides is 2. The number of halogens is 5. The summed E-state index contributed by atoms with van der Waals surface area (Å²) in [6.45, 7) is 1.95. The third-order valence-corrected chi connectivity index (χ3v) is 5.28. The predicted octanol–water partition coefficient (Wildman–Crippen LogP) is 3.87. The van der Waals surface area contributed by atoms with Gasteiger partial charge in [0, 0.05) is 23.7 Å². The number of thiazole rings is 1. The summed E-state index contributed by atoms with van der Waals surface area (Å²) in [5.41, 5.74) is 0.244. The van der Waals surface area contributed by atoms with Gasteiger partial charge in [-0.25, -0.2) is 9.18 Å². The predicted molar refractivity (Wildman–Crippen MR) is 91.6 cm³/mol. The minimum Gasteiger partial charge on any atom is -0.421 e. The summed E-state index contributed by atoms with van der Waals surface area (Å²) >= 11 is 1.15. The summed E-state index contributed by atoms with van der Waals surface area (Å²) in [6.07, 6.45) is -8.90. The van der Waals surface area contributed by atoms with Gasteiger partial charge in [-0.2, -0.15) is 22.6 Å². The highest BCUT2D eigenvalue weighted by Crippen LogP contribution is 2.47. The Hall–Kier alpha value is -2.63. The van der Waals surface area contributed by atoms with Gasteiger partial charge in [0.15, 0.2) is 16.3 Å². The van der Waals surface area contributed by atoms with Crippen LogP contribution < -0.4 is 14.3 Å². The first-order valence-corrected chi connectivity index (χ1v) is 9.32. The number of fused-ring (bicyclic) bond motifs is 1. The first-order valence-electron chi connectivity index (χ1n) is 8.50. The number of ether oxygens (including phenoxy) is 2. The first kappa shape index (κ1) is 19.7. The van der Waals surface area contributed by atoms with Gasteiger partial charge in [-0.1, -0.05) is 0 Å². The van der Waals surface area contributed by atoms with Crippen LogP contribution in [-0.4, -0.2) is 47.0 Å². The lowest BCUT2D eigenvalue weighted by Gasteiger charge is -2.31. The van der Waals surface area contributed by atoms with Crippen LogP contribution in [0.5, 0.6) is 11.5 Å². The minimum atomic E-state index is -4.84. The van der Waals surface area contributed by atoms with Crippen LogP contribution in [0.4, 0.5) is 26.7 Å². The Balaban J connectivity index is 1.70. The molecule has 12 heteroatoms. The Morgan fingerprint density at radius 2 is 1.90 bits per heavy atom. The molecule has 0 aliphatic carbocycles. The molecule has 156 valence electrons. The molecule has 0 N–H and O–H groups in total. The maximum atomic E-state index is 13.5. The molecule has 1 fully saturated rings. The van der Waals surface area contributed by atoms with E-state index in [1.165, 1.54) is 15.5 Å². The molecule has 1 atom stereocenters. The summed E-state index contributed by atoms with van der Waals surface area (Å²) in [7, 11) is 0. The van der Waals surface area contributed by atoms with E-state index in [-0.39, 0.29) is 30.0 Å². The van der Waals surface area contributed by atoms with E-state index in [4.69, 9.17) is 0 Å². The van der Waals surface area contributed by atoms with Crippen molar-refractivity contribution in [1.29, 1.82) is 0 Å². The number of hydrogen-bond acceptors (Lipinski definition) is 4. The van der Waals surface area contributed by atoms with Crippen LogP contribution in [0.15, 0.2) is 29.4 Å². The van der Waals surface area contributed by atoms with E-state index in [0.29, 0.717) is 0 Å². The van der Waals surface area contributed by atoms with Gasteiger partial charge in [-0.3, -0.25) is 4.57 Å². The molecule has 2 aromatic rings. The van der Waals surface area contributed by atoms with Crippen molar-refractivity contribution in [2.24, 2.45) is 4.99 Å². The van der Waals surface area contributed by atoms with Gasteiger partial charge in [0.25, 0.3) is 0 Å². The number of alkyl halides is 5. The smallest absolute Gasteiger partial charge is 0.421 e. The zero-order chi connectivity index (χ0) is 21.0. The molecule has 1 aromatic heterocycles. The van der Waals surface area contributed by atoms with Crippen molar-refractivity contribution in [3.8, 4) is 17.2 Å². The van der Waals surface area contributed by atoms with Crippen molar-refractivity contribution in [2.75, 3.05) is 13.1 Å². The standard InChI is InChI=1S/C17H14F5N3O3S/c1-9-7-25(15(29-9)23-14(26)24-5-4-10(18)8-24)11-2-3-12-13(6-11)28-17(21,22)16(19,20)27-12/h2-3,6-7,10H,4-5,8H2,1H3/t10-/m1/s1. The van der Waals surface area contributed by atoms with E-state index in [2.05, 4.69) is 14.5 Å². The van der Waals surface area contributed by atoms with E-state index in [0.717, 1.165) is 28.3 Å². The lowest BCUT2D eigenvalue weighted by atomic mass is 10.2. The SMILES string of the molecule is Cc1cn(-c2ccc3c(c2)OC(F)(F)C(F)(F)O3)c(=NC(=O)N2CC[C@@H](F)C2)s1. The van der Waals surface area contributed by atoms with E-state index in [1.807, 2.05) is 0 Å². The molecule has 0 spiro atoms. The van der Waals surface area contributed by atoms with E-state index >= 15 is 0 Å². The van der Waals surface area contributed by atoms with Crippen molar-refractivity contribution in [3.05, 3.63) is 34.1 Å². The van der Waals surface area contributed by atoms with E-state index < -0.39 is 35.9 Å². The Morgan fingerprint density at radius 3 is 2.55 bits per heavy atom. The first-order chi connectivity index (χ1) is 13.6. The maximum absolute atomic E-state index is 13.5. The van der Waals surface area contributed by atoms with Gasteiger partial charge in [0.05, 0.1) is 12.2 Å². The molecule has 2 aliphatic heterocycles. The molecule has 0 bridgehead atoms. The third-order valence-electron chi connectivity index (χ3n) is 4.38. The third kappa shape index (κ3) is 3.56. The fourth-order valence-electron chi connectivity index (χ4n) is 2.97. The van der Waals surface area contributed by atoms with Crippen molar-refractivity contribution in [1.82, 2.24) is 9.47 Å². The van der Waals surface area contributed by atoms with Crippen LogP contribution in [0, 0.1) is 6.92 Å². The quantitative estimate of drug-likeness (QED) is 0.640. The van der Waals surface area contributed by atoms with E-state index in [1.54, 1.807) is 13.1 Å². The highest BCUT2D eigenvalue weighted by Gasteiger charge is 2.65. The molecule has 0 saturated carbocycles. The van der Waals surface area contributed by atoms with Crippen LogP contribution in [0.1, 0.15) is 11.3 Å². The molecular formula is C17H14F5N3O3S. The van der Waals surface area contributed by atoms with Gasteiger partial charge < -0.3 is 14.4 Å². The molecule has 4 rings (SSSR count). The fraction of sp³-hybridized carbons (Fsp3) is 0.412. The number of hydrogen-bond donors (Lipinski definition) is 0. The van der Waals surface area contributed by atoms with Crippen LogP contribution in [0.25, 0.3) is 5.69 Å². The monoisotopic (exact) mass is 435 g/mol. The number of benzene rings is 1. The van der Waals surface area contributed by atoms with E-state index in [9.17, 15) is 26.7 Å². The summed E-state index contributed by atoms with van der Waals surface area (Å²) in [6, 6.07) is 2.87. The maximum Gasteiger partial charge on any atom is 0.507 e. The Morgan fingerprint density at radius 1 is 1.21 bits per heavy atom. The number of likely N-dealkylation sites (tertiary alicyclic amines) is 1.